The maximum atomic E-state index is 13.1. The number of rotatable bonds is 3. The number of hydrogen-bond acceptors (Lipinski definition) is 3. The number of nitrogens with one attached hydrogen (secondary N) is 1. The van der Waals surface area contributed by atoms with E-state index in [0.717, 1.165) is 0 Å². The second-order valence-corrected chi connectivity index (χ2v) is 4.32. The van der Waals surface area contributed by atoms with Crippen molar-refractivity contribution in [3.8, 4) is 5.75 Å². The number of hydrogen-bond donors (Lipinski definition) is 2. The number of ether oxygens (including phenoxy) is 1. The average molecular weight is 275 g/mol. The SMILES string of the molecule is O=C(O)c1ccccc1OC1(C(F)(F)F)CCNC1. The van der Waals surface area contributed by atoms with Crippen LogP contribution in [0.4, 0.5) is 13.2 Å². The highest BCUT2D eigenvalue weighted by atomic mass is 19.4. The summed E-state index contributed by atoms with van der Waals surface area (Å²) in [7, 11) is 0. The first-order valence-electron chi connectivity index (χ1n) is 5.64. The Morgan fingerprint density at radius 1 is 1.37 bits per heavy atom. The van der Waals surface area contributed by atoms with E-state index in [2.05, 4.69) is 5.32 Å². The minimum Gasteiger partial charge on any atom is -0.478 e. The van der Waals surface area contributed by atoms with Crippen molar-refractivity contribution in [2.24, 2.45) is 0 Å². The third kappa shape index (κ3) is 2.51. The van der Waals surface area contributed by atoms with Crippen molar-refractivity contribution in [2.45, 2.75) is 18.2 Å². The Hall–Kier alpha value is -1.76. The molecule has 2 N–H and O–H groups in total. The summed E-state index contributed by atoms with van der Waals surface area (Å²) >= 11 is 0. The van der Waals surface area contributed by atoms with Crippen LogP contribution in [0, 0.1) is 0 Å². The summed E-state index contributed by atoms with van der Waals surface area (Å²) in [5.41, 5.74) is -2.64. The molecule has 1 unspecified atom stereocenters. The predicted octanol–water partition coefficient (Wildman–Crippen LogP) is 2.06. The van der Waals surface area contributed by atoms with Crippen LogP contribution in [0.1, 0.15) is 16.8 Å². The van der Waals surface area contributed by atoms with Gasteiger partial charge in [0.25, 0.3) is 0 Å². The van der Waals surface area contributed by atoms with E-state index < -0.39 is 17.7 Å². The first-order chi connectivity index (χ1) is 8.86. The van der Waals surface area contributed by atoms with Gasteiger partial charge in [0.15, 0.2) is 0 Å². The highest BCUT2D eigenvalue weighted by molar-refractivity contribution is 5.90. The highest BCUT2D eigenvalue weighted by Gasteiger charge is 2.59. The lowest BCUT2D eigenvalue weighted by atomic mass is 10.0. The molecular formula is C12H12F3NO3. The summed E-state index contributed by atoms with van der Waals surface area (Å²) in [6.07, 6.45) is -4.81. The third-order valence-corrected chi connectivity index (χ3v) is 3.06. The van der Waals surface area contributed by atoms with E-state index in [-0.39, 0.29) is 30.8 Å². The zero-order valence-electron chi connectivity index (χ0n) is 9.83. The molecule has 1 aromatic carbocycles. The third-order valence-electron chi connectivity index (χ3n) is 3.06. The van der Waals surface area contributed by atoms with Crippen molar-refractivity contribution >= 4 is 5.97 Å². The van der Waals surface area contributed by atoms with Gasteiger partial charge in [0.2, 0.25) is 5.60 Å². The van der Waals surface area contributed by atoms with Gasteiger partial charge < -0.3 is 15.2 Å². The Labute approximate surface area is 107 Å². The molecule has 1 aromatic rings. The molecule has 0 radical (unpaired) electrons. The minimum absolute atomic E-state index is 0.175. The molecule has 1 fully saturated rings. The van der Waals surface area contributed by atoms with Crippen LogP contribution in [0.15, 0.2) is 24.3 Å². The van der Waals surface area contributed by atoms with Crippen LogP contribution >= 0.6 is 0 Å². The number of carbonyl (C=O) groups is 1. The first-order valence-corrected chi connectivity index (χ1v) is 5.64. The number of carboxylic acid groups (broad SMARTS) is 1. The fraction of sp³-hybridized carbons (Fsp3) is 0.417. The first kappa shape index (κ1) is 13.7. The topological polar surface area (TPSA) is 58.6 Å². The Morgan fingerprint density at radius 3 is 2.58 bits per heavy atom. The molecule has 0 bridgehead atoms. The molecule has 1 aliphatic rings. The van der Waals surface area contributed by atoms with E-state index in [1.54, 1.807) is 0 Å². The van der Waals surface area contributed by atoms with Crippen LogP contribution in [0.5, 0.6) is 5.75 Å². The fourth-order valence-corrected chi connectivity index (χ4v) is 2.00. The van der Waals surface area contributed by atoms with Crippen molar-refractivity contribution in [1.82, 2.24) is 5.32 Å². The second kappa shape index (κ2) is 4.73. The van der Waals surface area contributed by atoms with E-state index in [4.69, 9.17) is 9.84 Å². The maximum absolute atomic E-state index is 13.1. The molecule has 1 atom stereocenters. The summed E-state index contributed by atoms with van der Waals surface area (Å²) in [6, 6.07) is 5.32. The Kier molecular flexibility index (Phi) is 3.40. The molecule has 0 saturated carbocycles. The van der Waals surface area contributed by atoms with Gasteiger partial charge in [0, 0.05) is 13.0 Å². The number of benzene rings is 1. The van der Waals surface area contributed by atoms with E-state index in [1.807, 2.05) is 0 Å². The van der Waals surface area contributed by atoms with Crippen LogP contribution in [0.2, 0.25) is 0 Å². The van der Waals surface area contributed by atoms with Gasteiger partial charge in [-0.1, -0.05) is 12.1 Å². The molecule has 0 spiro atoms. The molecule has 0 aliphatic carbocycles. The molecule has 1 aliphatic heterocycles. The molecule has 4 nitrogen and oxygen atoms in total. The number of carboxylic acids is 1. The van der Waals surface area contributed by atoms with E-state index in [0.29, 0.717) is 0 Å². The number of para-hydroxylation sites is 1. The smallest absolute Gasteiger partial charge is 0.429 e. The van der Waals surface area contributed by atoms with E-state index in [9.17, 15) is 18.0 Å². The number of alkyl halides is 3. The van der Waals surface area contributed by atoms with Crippen LogP contribution < -0.4 is 10.1 Å². The van der Waals surface area contributed by atoms with Gasteiger partial charge in [-0.2, -0.15) is 13.2 Å². The molecule has 7 heteroatoms. The summed E-state index contributed by atoms with van der Waals surface area (Å²) in [5.74, 6) is -1.59. The monoisotopic (exact) mass is 275 g/mol. The van der Waals surface area contributed by atoms with Crippen molar-refractivity contribution < 1.29 is 27.8 Å². The molecule has 2 rings (SSSR count). The number of aromatic carboxylic acids is 1. The van der Waals surface area contributed by atoms with E-state index in [1.165, 1.54) is 24.3 Å². The van der Waals surface area contributed by atoms with Gasteiger partial charge >= 0.3 is 12.1 Å². The summed E-state index contributed by atoms with van der Waals surface area (Å²) in [5, 5.41) is 11.5. The Bertz CT molecular complexity index is 481. The summed E-state index contributed by atoms with van der Waals surface area (Å²) in [4.78, 5) is 11.0. The molecule has 1 saturated heterocycles. The van der Waals surface area contributed by atoms with E-state index >= 15 is 0 Å². The number of halogens is 3. The molecule has 0 aromatic heterocycles. The molecule has 19 heavy (non-hydrogen) atoms. The molecule has 0 amide bonds. The normalized spacial score (nSPS) is 23.3. The quantitative estimate of drug-likeness (QED) is 0.886. The van der Waals surface area contributed by atoms with Gasteiger partial charge in [0.05, 0.1) is 0 Å². The molecular weight excluding hydrogens is 263 g/mol. The zero-order valence-corrected chi connectivity index (χ0v) is 9.83. The van der Waals surface area contributed by atoms with Crippen LogP contribution in [0.25, 0.3) is 0 Å². The zero-order chi connectivity index (χ0) is 14.1. The fourth-order valence-electron chi connectivity index (χ4n) is 2.00. The maximum Gasteiger partial charge on any atom is 0.429 e. The van der Waals surface area contributed by atoms with Crippen molar-refractivity contribution in [3.63, 3.8) is 0 Å². The van der Waals surface area contributed by atoms with Crippen LogP contribution in [-0.2, 0) is 0 Å². The van der Waals surface area contributed by atoms with Gasteiger partial charge in [-0.25, -0.2) is 4.79 Å². The minimum atomic E-state index is -4.57. The lowest BCUT2D eigenvalue weighted by Crippen LogP contribution is -2.52. The predicted molar refractivity (Wildman–Crippen MR) is 60.3 cm³/mol. The Morgan fingerprint density at radius 2 is 2.05 bits per heavy atom. The largest absolute Gasteiger partial charge is 0.478 e. The average Bonchev–Trinajstić information content (AvgIpc) is 2.78. The van der Waals surface area contributed by atoms with Crippen LogP contribution in [-0.4, -0.2) is 35.9 Å². The van der Waals surface area contributed by atoms with Gasteiger partial charge in [-0.05, 0) is 18.7 Å². The highest BCUT2D eigenvalue weighted by Crippen LogP contribution is 2.39. The summed E-state index contributed by atoms with van der Waals surface area (Å²) in [6.45, 7) is -0.209. The summed E-state index contributed by atoms with van der Waals surface area (Å²) < 4.78 is 44.4. The van der Waals surface area contributed by atoms with Crippen molar-refractivity contribution in [3.05, 3.63) is 29.8 Å². The lowest BCUT2D eigenvalue weighted by Gasteiger charge is -2.32. The lowest BCUT2D eigenvalue weighted by molar-refractivity contribution is -0.240. The van der Waals surface area contributed by atoms with Crippen molar-refractivity contribution in [1.29, 1.82) is 0 Å². The molecule has 1 heterocycles. The Balaban J connectivity index is 2.36. The second-order valence-electron chi connectivity index (χ2n) is 4.32. The van der Waals surface area contributed by atoms with Crippen molar-refractivity contribution in [2.75, 3.05) is 13.1 Å². The van der Waals surface area contributed by atoms with Gasteiger partial charge in [-0.15, -0.1) is 0 Å². The van der Waals surface area contributed by atoms with Gasteiger partial charge in [0.1, 0.15) is 11.3 Å². The van der Waals surface area contributed by atoms with Crippen LogP contribution in [0.3, 0.4) is 0 Å². The standard InChI is InChI=1S/C12H12F3NO3/c13-12(14,15)11(5-6-16-7-11)19-9-4-2-1-3-8(9)10(17)18/h1-4,16H,5-7H2,(H,17,18). The molecule has 104 valence electrons. The van der Waals surface area contributed by atoms with Gasteiger partial charge in [-0.3, -0.25) is 0 Å².